The molecule has 0 spiro atoms. The van der Waals surface area contributed by atoms with Crippen LogP contribution in [0.1, 0.15) is 38.3 Å². The number of carbonyl (C=O) groups is 2. The van der Waals surface area contributed by atoms with E-state index in [1.54, 1.807) is 26.0 Å². The van der Waals surface area contributed by atoms with Crippen molar-refractivity contribution < 1.29 is 18.0 Å². The Kier molecular flexibility index (Phi) is 7.69. The summed E-state index contributed by atoms with van der Waals surface area (Å²) in [6.07, 6.45) is 1.94. The SMILES string of the molecule is CCN(CC)S(=O)(=O)c1ccc2c(c1)C[C@H](C(=O)NCCCc1ccccc1)N2C(C)=O. The molecule has 3 rings (SSSR count). The minimum atomic E-state index is -3.61. The maximum Gasteiger partial charge on any atom is 0.243 e. The molecule has 0 aliphatic carbocycles. The Morgan fingerprint density at radius 1 is 1.09 bits per heavy atom. The lowest BCUT2D eigenvalue weighted by Crippen LogP contribution is -2.47. The van der Waals surface area contributed by atoms with Gasteiger partial charge in [0.25, 0.3) is 0 Å². The summed E-state index contributed by atoms with van der Waals surface area (Å²) in [5.74, 6) is -0.467. The number of aryl methyl sites for hydroxylation is 1. The first-order valence-corrected chi connectivity index (χ1v) is 12.5. The third-order valence-electron chi connectivity index (χ3n) is 5.80. The van der Waals surface area contributed by atoms with Gasteiger partial charge in [0.05, 0.1) is 4.90 Å². The van der Waals surface area contributed by atoms with Crippen LogP contribution in [0, 0.1) is 0 Å². The zero-order chi connectivity index (χ0) is 23.3. The maximum absolute atomic E-state index is 12.9. The number of anilines is 1. The molecule has 7 nitrogen and oxygen atoms in total. The molecule has 0 saturated carbocycles. The molecule has 2 aromatic rings. The first-order chi connectivity index (χ1) is 15.3. The summed E-state index contributed by atoms with van der Waals surface area (Å²) in [4.78, 5) is 26.9. The second-order valence-corrected chi connectivity index (χ2v) is 9.81. The van der Waals surface area contributed by atoms with E-state index in [0.717, 1.165) is 12.8 Å². The van der Waals surface area contributed by atoms with Gasteiger partial charge in [-0.1, -0.05) is 44.2 Å². The quantitative estimate of drug-likeness (QED) is 0.587. The minimum absolute atomic E-state index is 0.187. The van der Waals surface area contributed by atoms with Gasteiger partial charge in [0.1, 0.15) is 6.04 Å². The summed E-state index contributed by atoms with van der Waals surface area (Å²) in [6.45, 7) is 6.28. The number of fused-ring (bicyclic) bond motifs is 1. The predicted octanol–water partition coefficient (Wildman–Crippen LogP) is 2.74. The van der Waals surface area contributed by atoms with E-state index in [9.17, 15) is 18.0 Å². The van der Waals surface area contributed by atoms with E-state index in [-0.39, 0.29) is 16.7 Å². The van der Waals surface area contributed by atoms with Gasteiger partial charge in [-0.2, -0.15) is 4.31 Å². The van der Waals surface area contributed by atoms with Crippen LogP contribution in [0.5, 0.6) is 0 Å². The van der Waals surface area contributed by atoms with E-state index < -0.39 is 16.1 Å². The lowest BCUT2D eigenvalue weighted by Gasteiger charge is -2.23. The number of hydrogen-bond acceptors (Lipinski definition) is 4. The van der Waals surface area contributed by atoms with Gasteiger partial charge in [0.15, 0.2) is 0 Å². The average Bonchev–Trinajstić information content (AvgIpc) is 3.17. The minimum Gasteiger partial charge on any atom is -0.354 e. The molecule has 0 aromatic heterocycles. The molecule has 0 saturated heterocycles. The van der Waals surface area contributed by atoms with Crippen molar-refractivity contribution >= 4 is 27.5 Å². The van der Waals surface area contributed by atoms with Crippen LogP contribution in [0.4, 0.5) is 5.69 Å². The van der Waals surface area contributed by atoms with E-state index in [4.69, 9.17) is 0 Å². The first kappa shape index (κ1) is 23.9. The monoisotopic (exact) mass is 457 g/mol. The third-order valence-corrected chi connectivity index (χ3v) is 7.85. The maximum atomic E-state index is 12.9. The Balaban J connectivity index is 1.72. The van der Waals surface area contributed by atoms with Crippen molar-refractivity contribution in [2.45, 2.75) is 51.0 Å². The molecule has 0 bridgehead atoms. The molecule has 0 unspecified atom stereocenters. The number of nitrogens with zero attached hydrogens (tertiary/aromatic N) is 2. The predicted molar refractivity (Wildman–Crippen MR) is 125 cm³/mol. The molecule has 1 atom stereocenters. The highest BCUT2D eigenvalue weighted by Gasteiger charge is 2.37. The van der Waals surface area contributed by atoms with Crippen molar-refractivity contribution in [3.8, 4) is 0 Å². The van der Waals surface area contributed by atoms with Crippen molar-refractivity contribution in [2.75, 3.05) is 24.5 Å². The summed E-state index contributed by atoms with van der Waals surface area (Å²) < 4.78 is 27.2. The van der Waals surface area contributed by atoms with E-state index >= 15 is 0 Å². The number of benzene rings is 2. The normalized spacial score (nSPS) is 15.6. The molecule has 1 aliphatic rings. The van der Waals surface area contributed by atoms with Gasteiger partial charge in [-0.15, -0.1) is 0 Å². The second kappa shape index (κ2) is 10.3. The van der Waals surface area contributed by atoms with Crippen LogP contribution in [0.2, 0.25) is 0 Å². The van der Waals surface area contributed by atoms with Crippen LogP contribution >= 0.6 is 0 Å². The summed E-state index contributed by atoms with van der Waals surface area (Å²) in [7, 11) is -3.61. The topological polar surface area (TPSA) is 86.8 Å². The fraction of sp³-hybridized carbons (Fsp3) is 0.417. The average molecular weight is 458 g/mol. The molecular formula is C24H31N3O4S. The molecule has 0 radical (unpaired) electrons. The van der Waals surface area contributed by atoms with Gasteiger partial charge in [-0.25, -0.2) is 8.42 Å². The van der Waals surface area contributed by atoms with E-state index in [1.807, 2.05) is 18.2 Å². The van der Waals surface area contributed by atoms with Crippen LogP contribution in [0.3, 0.4) is 0 Å². The second-order valence-electron chi connectivity index (χ2n) is 7.87. The Labute approximate surface area is 190 Å². The summed E-state index contributed by atoms with van der Waals surface area (Å²) in [5.41, 5.74) is 2.50. The fourth-order valence-corrected chi connectivity index (χ4v) is 5.68. The molecule has 2 amide bonds. The van der Waals surface area contributed by atoms with E-state index in [0.29, 0.717) is 37.3 Å². The number of sulfonamides is 1. The molecule has 1 aliphatic heterocycles. The van der Waals surface area contributed by atoms with Crippen molar-refractivity contribution in [1.29, 1.82) is 0 Å². The lowest BCUT2D eigenvalue weighted by atomic mass is 10.1. The van der Waals surface area contributed by atoms with Gasteiger partial charge < -0.3 is 5.32 Å². The molecule has 1 N–H and O–H groups in total. The van der Waals surface area contributed by atoms with Crippen molar-refractivity contribution in [3.63, 3.8) is 0 Å². The van der Waals surface area contributed by atoms with Gasteiger partial charge >= 0.3 is 0 Å². The van der Waals surface area contributed by atoms with Crippen LogP contribution in [0.25, 0.3) is 0 Å². The van der Waals surface area contributed by atoms with Gasteiger partial charge in [-0.05, 0) is 42.2 Å². The van der Waals surface area contributed by atoms with Crippen molar-refractivity contribution in [2.24, 2.45) is 0 Å². The largest absolute Gasteiger partial charge is 0.354 e. The molecule has 32 heavy (non-hydrogen) atoms. The van der Waals surface area contributed by atoms with Crippen LogP contribution in [-0.4, -0.2) is 50.2 Å². The standard InChI is InChI=1S/C24H31N3O4S/c1-4-26(5-2)32(30,31)21-13-14-22-20(16-21)17-23(27(22)18(3)28)24(29)25-15-9-12-19-10-7-6-8-11-19/h6-8,10-11,13-14,16,23H,4-5,9,12,15,17H2,1-3H3,(H,25,29)/t23-/m1/s1. The zero-order valence-corrected chi connectivity index (χ0v) is 19.7. The smallest absolute Gasteiger partial charge is 0.243 e. The van der Waals surface area contributed by atoms with Crippen LogP contribution < -0.4 is 10.2 Å². The van der Waals surface area contributed by atoms with Crippen molar-refractivity contribution in [1.82, 2.24) is 9.62 Å². The van der Waals surface area contributed by atoms with E-state index in [2.05, 4.69) is 17.4 Å². The number of amides is 2. The number of nitrogens with one attached hydrogen (secondary N) is 1. The van der Waals surface area contributed by atoms with Crippen molar-refractivity contribution in [3.05, 3.63) is 59.7 Å². The Morgan fingerprint density at radius 3 is 2.41 bits per heavy atom. The summed E-state index contributed by atoms with van der Waals surface area (Å²) >= 11 is 0. The number of carbonyl (C=O) groups excluding carboxylic acids is 2. The molecule has 8 heteroatoms. The van der Waals surface area contributed by atoms with Gasteiger partial charge in [0.2, 0.25) is 21.8 Å². The molecule has 2 aromatic carbocycles. The Bertz CT molecular complexity index is 1070. The molecule has 172 valence electrons. The summed E-state index contributed by atoms with van der Waals surface area (Å²) in [5, 5.41) is 2.94. The molecule has 1 heterocycles. The van der Waals surface area contributed by atoms with E-state index in [1.165, 1.54) is 27.8 Å². The Hall–Kier alpha value is -2.71. The lowest BCUT2D eigenvalue weighted by molar-refractivity contribution is -0.125. The molecule has 0 fully saturated rings. The highest BCUT2D eigenvalue weighted by atomic mass is 32.2. The number of rotatable bonds is 9. The molecular weight excluding hydrogens is 426 g/mol. The first-order valence-electron chi connectivity index (χ1n) is 11.0. The van der Waals surface area contributed by atoms with Gasteiger partial charge in [-0.3, -0.25) is 14.5 Å². The third kappa shape index (κ3) is 5.02. The highest BCUT2D eigenvalue weighted by Crippen LogP contribution is 2.34. The fourth-order valence-electron chi connectivity index (χ4n) is 4.17. The zero-order valence-electron chi connectivity index (χ0n) is 18.9. The summed E-state index contributed by atoms with van der Waals surface area (Å²) in [6, 6.07) is 14.1. The van der Waals surface area contributed by atoms with Crippen LogP contribution in [-0.2, 0) is 32.5 Å². The van der Waals surface area contributed by atoms with Crippen LogP contribution in [0.15, 0.2) is 53.4 Å². The number of hydrogen-bond donors (Lipinski definition) is 1. The highest BCUT2D eigenvalue weighted by molar-refractivity contribution is 7.89. The van der Waals surface area contributed by atoms with Gasteiger partial charge in [0, 0.05) is 38.7 Å². The Morgan fingerprint density at radius 2 is 1.78 bits per heavy atom.